The van der Waals surface area contributed by atoms with Gasteiger partial charge >= 0.3 is 0 Å². The smallest absolute Gasteiger partial charge is 0.297 e. The molecular formula is C25H22ClN3O3S. The summed E-state index contributed by atoms with van der Waals surface area (Å²) >= 11 is 7.48. The predicted molar refractivity (Wildman–Crippen MR) is 131 cm³/mol. The van der Waals surface area contributed by atoms with Crippen LogP contribution in [-0.4, -0.2) is 16.1 Å². The Labute approximate surface area is 199 Å². The summed E-state index contributed by atoms with van der Waals surface area (Å²) < 4.78 is 6.07. The minimum atomic E-state index is -0.674. The molecule has 0 saturated carbocycles. The summed E-state index contributed by atoms with van der Waals surface area (Å²) in [5.41, 5.74) is 3.24. The minimum absolute atomic E-state index is 0.0521. The van der Waals surface area contributed by atoms with Crippen molar-refractivity contribution in [3.8, 4) is 0 Å². The van der Waals surface area contributed by atoms with Crippen LogP contribution in [0.4, 0.5) is 5.13 Å². The third-order valence-electron chi connectivity index (χ3n) is 5.92. The second-order valence-electron chi connectivity index (χ2n) is 8.81. The Morgan fingerprint density at radius 2 is 1.79 bits per heavy atom. The Morgan fingerprint density at radius 1 is 1.09 bits per heavy atom. The monoisotopic (exact) mass is 479 g/mol. The largest absolute Gasteiger partial charge is 0.450 e. The molecule has 0 N–H and O–H groups in total. The number of halogens is 1. The van der Waals surface area contributed by atoms with Crippen LogP contribution < -0.4 is 10.3 Å². The molecule has 2 aromatic heterocycles. The van der Waals surface area contributed by atoms with Crippen LogP contribution in [0, 0.1) is 19.8 Å². The van der Waals surface area contributed by atoms with E-state index in [-0.39, 0.29) is 11.2 Å². The Hall–Kier alpha value is -3.03. The summed E-state index contributed by atoms with van der Waals surface area (Å²) in [6, 6.07) is 10.1. The van der Waals surface area contributed by atoms with Crippen LogP contribution in [0.2, 0.25) is 5.02 Å². The van der Waals surface area contributed by atoms with E-state index in [1.54, 1.807) is 12.1 Å². The third kappa shape index (κ3) is 3.65. The highest BCUT2D eigenvalue weighted by atomic mass is 35.5. The third-order valence-corrected chi connectivity index (χ3v) is 7.11. The summed E-state index contributed by atoms with van der Waals surface area (Å²) in [5.74, 6) is 0.0649. The molecule has 1 aliphatic heterocycles. The van der Waals surface area contributed by atoms with Crippen molar-refractivity contribution in [2.75, 3.05) is 4.90 Å². The SMILES string of the molecule is Cc1cc2oc3c(c(=O)c2cc1C)[C@H](c1ccc(Cl)cc1)N(c1nnc(CC(C)C)s1)C3=O. The zero-order chi connectivity index (χ0) is 23.4. The molecule has 8 heteroatoms. The Morgan fingerprint density at radius 3 is 2.48 bits per heavy atom. The highest BCUT2D eigenvalue weighted by Crippen LogP contribution is 2.42. The summed E-state index contributed by atoms with van der Waals surface area (Å²) in [6.45, 7) is 8.11. The molecule has 3 heterocycles. The van der Waals surface area contributed by atoms with Crippen molar-refractivity contribution in [1.29, 1.82) is 0 Å². The first-order valence-electron chi connectivity index (χ1n) is 10.7. The van der Waals surface area contributed by atoms with Gasteiger partial charge in [-0.3, -0.25) is 14.5 Å². The number of hydrogen-bond donors (Lipinski definition) is 0. The van der Waals surface area contributed by atoms with Gasteiger partial charge in [0.15, 0.2) is 5.43 Å². The molecule has 0 fully saturated rings. The number of benzene rings is 2. The average Bonchev–Trinajstić information content (AvgIpc) is 3.32. The highest BCUT2D eigenvalue weighted by molar-refractivity contribution is 7.15. The van der Waals surface area contributed by atoms with Crippen LogP contribution >= 0.6 is 22.9 Å². The molecule has 0 bridgehead atoms. The van der Waals surface area contributed by atoms with E-state index in [1.807, 2.05) is 38.1 Å². The van der Waals surface area contributed by atoms with Crippen molar-refractivity contribution in [2.45, 2.75) is 40.2 Å². The molecule has 0 radical (unpaired) electrons. The number of amides is 1. The average molecular weight is 480 g/mol. The van der Waals surface area contributed by atoms with E-state index >= 15 is 0 Å². The summed E-state index contributed by atoms with van der Waals surface area (Å²) in [7, 11) is 0. The normalized spacial score (nSPS) is 15.6. The summed E-state index contributed by atoms with van der Waals surface area (Å²) in [6.07, 6.45) is 0.762. The molecule has 0 spiro atoms. The summed E-state index contributed by atoms with van der Waals surface area (Å²) in [5, 5.41) is 10.9. The van der Waals surface area contributed by atoms with Gasteiger partial charge in [0.05, 0.1) is 17.0 Å². The Kier molecular flexibility index (Phi) is 5.34. The molecule has 0 saturated heterocycles. The van der Waals surface area contributed by atoms with Gasteiger partial charge in [0.2, 0.25) is 10.9 Å². The number of fused-ring (bicyclic) bond motifs is 2. The van der Waals surface area contributed by atoms with Crippen LogP contribution in [-0.2, 0) is 6.42 Å². The lowest BCUT2D eigenvalue weighted by atomic mass is 9.97. The fraction of sp³-hybridized carbons (Fsp3) is 0.280. The van der Waals surface area contributed by atoms with E-state index in [0.29, 0.717) is 32.6 Å². The minimum Gasteiger partial charge on any atom is -0.450 e. The molecule has 33 heavy (non-hydrogen) atoms. The van der Waals surface area contributed by atoms with E-state index in [9.17, 15) is 9.59 Å². The van der Waals surface area contributed by atoms with Crippen molar-refractivity contribution >= 4 is 44.9 Å². The first-order chi connectivity index (χ1) is 15.7. The number of aryl methyl sites for hydroxylation is 2. The van der Waals surface area contributed by atoms with Crippen molar-refractivity contribution in [3.63, 3.8) is 0 Å². The number of carbonyl (C=O) groups is 1. The first kappa shape index (κ1) is 21.8. The van der Waals surface area contributed by atoms with E-state index in [4.69, 9.17) is 16.0 Å². The molecule has 168 valence electrons. The molecule has 5 rings (SSSR count). The van der Waals surface area contributed by atoms with Crippen LogP contribution in [0.1, 0.15) is 57.7 Å². The Balaban J connectivity index is 1.75. The van der Waals surface area contributed by atoms with Crippen LogP contribution in [0.3, 0.4) is 0 Å². The molecule has 0 unspecified atom stereocenters. The lowest BCUT2D eigenvalue weighted by Gasteiger charge is -2.22. The number of nitrogens with zero attached hydrogens (tertiary/aromatic N) is 3. The van der Waals surface area contributed by atoms with Crippen molar-refractivity contribution < 1.29 is 9.21 Å². The van der Waals surface area contributed by atoms with Gasteiger partial charge in [-0.15, -0.1) is 10.2 Å². The van der Waals surface area contributed by atoms with E-state index in [0.717, 1.165) is 28.1 Å². The maximum atomic E-state index is 13.7. The molecule has 6 nitrogen and oxygen atoms in total. The quantitative estimate of drug-likeness (QED) is 0.366. The number of aromatic nitrogens is 2. The van der Waals surface area contributed by atoms with Crippen molar-refractivity contribution in [3.05, 3.63) is 84.7 Å². The van der Waals surface area contributed by atoms with E-state index in [2.05, 4.69) is 24.0 Å². The lowest BCUT2D eigenvalue weighted by Crippen LogP contribution is -2.29. The lowest BCUT2D eigenvalue weighted by molar-refractivity contribution is 0.0970. The molecule has 0 aliphatic carbocycles. The standard InChI is InChI=1S/C25H22ClN3O3S/c1-12(2)9-19-27-28-25(33-19)29-21(15-5-7-16(26)8-6-15)20-22(30)17-10-13(3)14(4)11-18(17)32-23(20)24(29)31/h5-8,10-12,21H,9H2,1-4H3/t21-/m0/s1. The highest BCUT2D eigenvalue weighted by Gasteiger charge is 2.45. The van der Waals surface area contributed by atoms with Gasteiger partial charge < -0.3 is 4.42 Å². The van der Waals surface area contributed by atoms with Crippen LogP contribution in [0.15, 0.2) is 45.6 Å². The maximum Gasteiger partial charge on any atom is 0.297 e. The number of anilines is 1. The van der Waals surface area contributed by atoms with Gasteiger partial charge in [0.1, 0.15) is 10.6 Å². The van der Waals surface area contributed by atoms with Gasteiger partial charge in [-0.1, -0.05) is 48.9 Å². The molecular weight excluding hydrogens is 458 g/mol. The van der Waals surface area contributed by atoms with Gasteiger partial charge in [-0.25, -0.2) is 0 Å². The first-order valence-corrected chi connectivity index (χ1v) is 11.9. The van der Waals surface area contributed by atoms with Gasteiger partial charge in [0.25, 0.3) is 5.91 Å². The predicted octanol–water partition coefficient (Wildman–Crippen LogP) is 5.86. The van der Waals surface area contributed by atoms with E-state index in [1.165, 1.54) is 16.2 Å². The Bertz CT molecular complexity index is 1460. The van der Waals surface area contributed by atoms with Crippen LogP contribution in [0.25, 0.3) is 11.0 Å². The van der Waals surface area contributed by atoms with E-state index < -0.39 is 11.9 Å². The van der Waals surface area contributed by atoms with Gasteiger partial charge in [-0.2, -0.15) is 0 Å². The van der Waals surface area contributed by atoms with Crippen molar-refractivity contribution in [1.82, 2.24) is 10.2 Å². The molecule has 1 aliphatic rings. The molecule has 2 aromatic carbocycles. The maximum absolute atomic E-state index is 13.7. The number of rotatable bonds is 4. The fourth-order valence-electron chi connectivity index (χ4n) is 4.16. The second kappa shape index (κ2) is 8.08. The van der Waals surface area contributed by atoms with Crippen molar-refractivity contribution in [2.24, 2.45) is 5.92 Å². The molecule has 1 atom stereocenters. The number of carbonyl (C=O) groups excluding carboxylic acids is 1. The number of hydrogen-bond acceptors (Lipinski definition) is 6. The van der Waals surface area contributed by atoms with Crippen LogP contribution in [0.5, 0.6) is 0 Å². The van der Waals surface area contributed by atoms with Gasteiger partial charge in [-0.05, 0) is 60.7 Å². The zero-order valence-corrected chi connectivity index (χ0v) is 20.3. The fourth-order valence-corrected chi connectivity index (χ4v) is 5.36. The second-order valence-corrected chi connectivity index (χ2v) is 10.3. The summed E-state index contributed by atoms with van der Waals surface area (Å²) in [4.78, 5) is 28.9. The molecule has 4 aromatic rings. The van der Waals surface area contributed by atoms with Gasteiger partial charge in [0, 0.05) is 11.4 Å². The molecule has 1 amide bonds. The topological polar surface area (TPSA) is 76.3 Å². The zero-order valence-electron chi connectivity index (χ0n) is 18.7.